The van der Waals surface area contributed by atoms with Crippen LogP contribution >= 0.6 is 0 Å². The highest BCUT2D eigenvalue weighted by atomic mass is 16.7. The number of urea groups is 1. The molecule has 5 atom stereocenters. The second-order valence-electron chi connectivity index (χ2n) is 5.54. The summed E-state index contributed by atoms with van der Waals surface area (Å²) in [6, 6.07) is -0.661. The third kappa shape index (κ3) is 6.15. The van der Waals surface area contributed by atoms with E-state index in [1.807, 2.05) is 6.92 Å². The first kappa shape index (κ1) is 21.7. The summed E-state index contributed by atoms with van der Waals surface area (Å²) in [4.78, 5) is 22.1. The van der Waals surface area contributed by atoms with Crippen LogP contribution in [0.15, 0.2) is 5.29 Å². The number of carbonyl (C=O) groups is 1. The summed E-state index contributed by atoms with van der Waals surface area (Å²) in [5.74, 6) is 0. The molecule has 0 saturated carbocycles. The van der Waals surface area contributed by atoms with Gasteiger partial charge in [-0.05, 0) is 20.3 Å². The fraction of sp³-hybridized carbons (Fsp3) is 0.933. The van der Waals surface area contributed by atoms with Gasteiger partial charge in [-0.2, -0.15) is 5.01 Å². The Kier molecular flexibility index (Phi) is 9.83. The molecule has 1 aliphatic rings. The first-order valence-corrected chi connectivity index (χ1v) is 8.53. The summed E-state index contributed by atoms with van der Waals surface area (Å²) < 4.78 is 22.6. The van der Waals surface area contributed by atoms with Crippen molar-refractivity contribution >= 4 is 6.03 Å². The maximum Gasteiger partial charge on any atom is 0.340 e. The highest BCUT2D eigenvalue weighted by Gasteiger charge is 2.48. The van der Waals surface area contributed by atoms with Gasteiger partial charge in [-0.15, -0.1) is 4.91 Å². The van der Waals surface area contributed by atoms with E-state index < -0.39 is 36.7 Å². The molecule has 10 heteroatoms. The lowest BCUT2D eigenvalue weighted by Gasteiger charge is -2.28. The summed E-state index contributed by atoms with van der Waals surface area (Å²) in [6.45, 7) is 6.83. The van der Waals surface area contributed by atoms with Gasteiger partial charge in [-0.25, -0.2) is 4.79 Å². The summed E-state index contributed by atoms with van der Waals surface area (Å²) in [7, 11) is 1.24. The van der Waals surface area contributed by atoms with Crippen molar-refractivity contribution < 1.29 is 28.8 Å². The highest BCUT2D eigenvalue weighted by molar-refractivity contribution is 5.73. The lowest BCUT2D eigenvalue weighted by atomic mass is 10.1. The quantitative estimate of drug-likeness (QED) is 0.408. The molecule has 0 aliphatic carbocycles. The largest absolute Gasteiger partial charge is 0.385 e. The topological polar surface area (TPSA) is 119 Å². The van der Waals surface area contributed by atoms with Crippen LogP contribution in [-0.4, -0.2) is 80.3 Å². The maximum atomic E-state index is 11.7. The van der Waals surface area contributed by atoms with Crippen molar-refractivity contribution in [3.8, 4) is 0 Å². The van der Waals surface area contributed by atoms with Crippen LogP contribution in [0, 0.1) is 4.91 Å². The molecule has 1 fully saturated rings. The van der Waals surface area contributed by atoms with Crippen molar-refractivity contribution in [3.63, 3.8) is 0 Å². The van der Waals surface area contributed by atoms with E-state index in [1.165, 1.54) is 7.05 Å². The molecule has 2 amide bonds. The van der Waals surface area contributed by atoms with Gasteiger partial charge in [0.15, 0.2) is 6.29 Å². The number of aliphatic hydroxyl groups is 1. The van der Waals surface area contributed by atoms with Gasteiger partial charge in [0.2, 0.25) is 0 Å². The molecule has 10 nitrogen and oxygen atoms in total. The number of nitrogens with zero attached hydrogens (tertiary/aromatic N) is 2. The van der Waals surface area contributed by atoms with E-state index in [-0.39, 0.29) is 6.54 Å². The van der Waals surface area contributed by atoms with Crippen molar-refractivity contribution in [1.29, 1.82) is 0 Å². The number of hydrogen-bond acceptors (Lipinski definition) is 8. The van der Waals surface area contributed by atoms with Crippen molar-refractivity contribution in [1.82, 2.24) is 10.3 Å². The molecule has 0 aromatic heterocycles. The summed E-state index contributed by atoms with van der Waals surface area (Å²) >= 11 is 0. The number of rotatable bonds is 11. The molecule has 1 unspecified atom stereocenters. The van der Waals surface area contributed by atoms with E-state index in [4.69, 9.17) is 18.9 Å². The number of carbonyl (C=O) groups excluding carboxylic acids is 1. The number of hydrogen-bond donors (Lipinski definition) is 2. The van der Waals surface area contributed by atoms with Gasteiger partial charge in [0.05, 0.1) is 5.29 Å². The van der Waals surface area contributed by atoms with Crippen LogP contribution < -0.4 is 5.32 Å². The minimum atomic E-state index is -0.963. The maximum absolute atomic E-state index is 11.7. The van der Waals surface area contributed by atoms with Gasteiger partial charge >= 0.3 is 6.03 Å². The molecule has 1 rings (SSSR count). The van der Waals surface area contributed by atoms with Gasteiger partial charge in [0.25, 0.3) is 0 Å². The van der Waals surface area contributed by atoms with E-state index >= 15 is 0 Å². The third-order valence-electron chi connectivity index (χ3n) is 3.69. The Morgan fingerprint density at radius 1 is 1.32 bits per heavy atom. The van der Waals surface area contributed by atoms with Crippen LogP contribution in [-0.2, 0) is 18.9 Å². The first-order chi connectivity index (χ1) is 12.0. The molecule has 0 radical (unpaired) electrons. The zero-order valence-corrected chi connectivity index (χ0v) is 15.2. The van der Waals surface area contributed by atoms with Crippen molar-refractivity contribution in [2.75, 3.05) is 33.4 Å². The van der Waals surface area contributed by atoms with Gasteiger partial charge in [0.1, 0.15) is 24.4 Å². The van der Waals surface area contributed by atoms with Crippen LogP contribution in [0.2, 0.25) is 0 Å². The summed E-state index contributed by atoms with van der Waals surface area (Å²) in [5.41, 5.74) is 0. The Morgan fingerprint density at radius 3 is 2.60 bits per heavy atom. The van der Waals surface area contributed by atoms with Gasteiger partial charge in [-0.3, -0.25) is 0 Å². The molecule has 0 aromatic carbocycles. The molecule has 0 aromatic rings. The zero-order chi connectivity index (χ0) is 18.8. The van der Waals surface area contributed by atoms with E-state index in [1.54, 1.807) is 13.8 Å². The fourth-order valence-corrected chi connectivity index (χ4v) is 2.53. The van der Waals surface area contributed by atoms with Gasteiger partial charge in [0, 0.05) is 33.4 Å². The Balaban J connectivity index is 2.81. The summed E-state index contributed by atoms with van der Waals surface area (Å²) in [5, 5.41) is 16.1. The molecule has 1 saturated heterocycles. The number of nitrogens with one attached hydrogen (secondary N) is 1. The predicted octanol–water partition coefficient (Wildman–Crippen LogP) is 0.632. The van der Waals surface area contributed by atoms with Crippen LogP contribution in [0.25, 0.3) is 0 Å². The van der Waals surface area contributed by atoms with E-state index in [0.717, 1.165) is 6.42 Å². The molecule has 1 aliphatic heterocycles. The number of nitroso groups, excluding NO2 is 1. The number of aliphatic hydroxyl groups excluding tert-OH is 1. The van der Waals surface area contributed by atoms with Gasteiger partial charge in [-0.1, -0.05) is 6.92 Å². The Hall–Kier alpha value is -1.33. The summed E-state index contributed by atoms with van der Waals surface area (Å²) in [6.07, 6.45) is -2.87. The number of amides is 2. The fourth-order valence-electron chi connectivity index (χ4n) is 2.53. The Morgan fingerprint density at radius 2 is 2.04 bits per heavy atom. The van der Waals surface area contributed by atoms with Crippen molar-refractivity contribution in [3.05, 3.63) is 4.91 Å². The molecular weight excluding hydrogens is 334 g/mol. The van der Waals surface area contributed by atoms with Crippen LogP contribution in [0.5, 0.6) is 0 Å². The average molecular weight is 363 g/mol. The van der Waals surface area contributed by atoms with Crippen molar-refractivity contribution in [2.24, 2.45) is 5.29 Å². The first-order valence-electron chi connectivity index (χ1n) is 8.53. The predicted molar refractivity (Wildman–Crippen MR) is 88.7 cm³/mol. The molecule has 25 heavy (non-hydrogen) atoms. The molecule has 2 N–H and O–H groups in total. The normalized spacial score (nSPS) is 27.1. The lowest BCUT2D eigenvalue weighted by Crippen LogP contribution is -2.48. The third-order valence-corrected chi connectivity index (χ3v) is 3.69. The molecule has 0 spiro atoms. The van der Waals surface area contributed by atoms with Gasteiger partial charge < -0.3 is 29.4 Å². The van der Waals surface area contributed by atoms with Crippen LogP contribution in [0.3, 0.4) is 0 Å². The monoisotopic (exact) mass is 363 g/mol. The van der Waals surface area contributed by atoms with Crippen LogP contribution in [0.1, 0.15) is 27.2 Å². The SMILES string of the molecule is CCCO[C@H]1[C@@H]([C@@H](CNC(=O)N(C)N=O)OCC)OC(OCC)[C@@H]1O. The second kappa shape index (κ2) is 11.3. The van der Waals surface area contributed by atoms with E-state index in [0.29, 0.717) is 24.8 Å². The minimum absolute atomic E-state index is 0.0642. The van der Waals surface area contributed by atoms with Crippen molar-refractivity contribution in [2.45, 2.75) is 57.9 Å². The minimum Gasteiger partial charge on any atom is -0.385 e. The van der Waals surface area contributed by atoms with E-state index in [2.05, 4.69) is 10.6 Å². The highest BCUT2D eigenvalue weighted by Crippen LogP contribution is 2.28. The molecule has 146 valence electrons. The average Bonchev–Trinajstić information content (AvgIpc) is 2.92. The van der Waals surface area contributed by atoms with Crippen LogP contribution in [0.4, 0.5) is 4.79 Å². The number of ether oxygens (including phenoxy) is 4. The Labute approximate surface area is 147 Å². The van der Waals surface area contributed by atoms with E-state index in [9.17, 15) is 14.8 Å². The lowest BCUT2D eigenvalue weighted by molar-refractivity contribution is -0.179. The second-order valence-corrected chi connectivity index (χ2v) is 5.54. The smallest absolute Gasteiger partial charge is 0.340 e. The zero-order valence-electron chi connectivity index (χ0n) is 15.2. The Bertz CT molecular complexity index is 413. The molecule has 1 heterocycles. The standard InChI is InChI=1S/C15H29N3O7/c1-5-8-24-13-11(19)14(23-7-3)25-12(13)10(22-6-2)9-16-15(20)18(4)17-21/h10-14,19H,5-9H2,1-4H3,(H,16,20)/t10-,11-,12-,13-,14?/m1/s1. The molecular formula is C15H29N3O7. The molecule has 0 bridgehead atoms.